The Balaban J connectivity index is 1.52. The summed E-state index contributed by atoms with van der Waals surface area (Å²) in [6, 6.07) is 11.0. The van der Waals surface area contributed by atoms with E-state index in [2.05, 4.69) is 23.6 Å². The monoisotopic (exact) mass is 569 g/mol. The molecule has 0 spiro atoms. The van der Waals surface area contributed by atoms with Crippen molar-refractivity contribution >= 4 is 29.3 Å². The Morgan fingerprint density at radius 3 is 2.29 bits per heavy atom. The van der Waals surface area contributed by atoms with Crippen LogP contribution in [0.2, 0.25) is 5.02 Å². The average Bonchev–Trinajstić information content (AvgIpc) is 2.87. The van der Waals surface area contributed by atoms with E-state index in [4.69, 9.17) is 16.3 Å². The minimum absolute atomic E-state index is 0.0787. The second-order valence-corrected chi connectivity index (χ2v) is 11.6. The van der Waals surface area contributed by atoms with Crippen LogP contribution >= 0.6 is 23.4 Å². The molecule has 1 amide bonds. The molecule has 2 aliphatic heterocycles. The summed E-state index contributed by atoms with van der Waals surface area (Å²) < 4.78 is 46.5. The van der Waals surface area contributed by atoms with Crippen molar-refractivity contribution in [2.45, 2.75) is 49.6 Å². The number of rotatable bonds is 7. The molecule has 2 aliphatic rings. The van der Waals surface area contributed by atoms with Crippen molar-refractivity contribution in [3.8, 4) is 0 Å². The van der Waals surface area contributed by atoms with E-state index in [1.807, 2.05) is 24.3 Å². The van der Waals surface area contributed by atoms with E-state index in [1.165, 1.54) is 11.8 Å². The van der Waals surface area contributed by atoms with Crippen LogP contribution in [-0.2, 0) is 17.3 Å². The van der Waals surface area contributed by atoms with Gasteiger partial charge in [-0.25, -0.2) is 0 Å². The number of ether oxygens (including phenoxy) is 1. The molecule has 0 saturated carbocycles. The summed E-state index contributed by atoms with van der Waals surface area (Å²) in [5.41, 5.74) is 0.313. The zero-order valence-electron chi connectivity index (χ0n) is 22.0. The van der Waals surface area contributed by atoms with Gasteiger partial charge in [-0.1, -0.05) is 23.7 Å². The molecule has 2 aromatic carbocycles. The van der Waals surface area contributed by atoms with Crippen LogP contribution in [0.15, 0.2) is 47.4 Å². The van der Waals surface area contributed by atoms with Crippen molar-refractivity contribution < 1.29 is 22.7 Å². The van der Waals surface area contributed by atoms with E-state index in [0.29, 0.717) is 36.0 Å². The number of nitrogens with zero attached hydrogens (tertiary/aromatic N) is 3. The number of alkyl halides is 3. The lowest BCUT2D eigenvalue weighted by Gasteiger charge is -2.43. The average molecular weight is 570 g/mol. The zero-order chi connectivity index (χ0) is 27.4. The molecule has 2 fully saturated rings. The normalized spacial score (nSPS) is 23.6. The van der Waals surface area contributed by atoms with E-state index in [9.17, 15) is 18.0 Å². The molecule has 5 nitrogen and oxygen atoms in total. The van der Waals surface area contributed by atoms with Crippen molar-refractivity contribution in [2.75, 3.05) is 52.1 Å². The first-order chi connectivity index (χ1) is 18.0. The number of hydrogen-bond acceptors (Lipinski definition) is 5. The van der Waals surface area contributed by atoms with Crippen molar-refractivity contribution in [2.24, 2.45) is 0 Å². The van der Waals surface area contributed by atoms with Gasteiger partial charge in [-0.05, 0) is 62.4 Å². The molecule has 0 aliphatic carbocycles. The summed E-state index contributed by atoms with van der Waals surface area (Å²) >= 11 is 7.27. The Labute approximate surface area is 232 Å². The first-order valence-corrected chi connectivity index (χ1v) is 14.5. The largest absolute Gasteiger partial charge is 0.416 e. The molecular weight excluding hydrogens is 535 g/mol. The summed E-state index contributed by atoms with van der Waals surface area (Å²) in [5.74, 6) is -0.360. The lowest BCUT2D eigenvalue weighted by molar-refractivity contribution is -0.137. The highest BCUT2D eigenvalue weighted by atomic mass is 35.5. The predicted octanol–water partition coefficient (Wildman–Crippen LogP) is 5.56. The van der Waals surface area contributed by atoms with E-state index in [0.717, 1.165) is 43.9 Å². The fraction of sp³-hybridized carbons (Fsp3) is 0.536. The third-order valence-electron chi connectivity index (χ3n) is 7.16. The summed E-state index contributed by atoms with van der Waals surface area (Å²) in [4.78, 5) is 20.6. The van der Waals surface area contributed by atoms with Gasteiger partial charge in [0, 0.05) is 67.3 Å². The molecule has 0 N–H and O–H groups in total. The third-order valence-corrected chi connectivity index (χ3v) is 8.12. The Hall–Kier alpha value is -1.78. The first kappa shape index (κ1) is 29.2. The van der Waals surface area contributed by atoms with E-state index < -0.39 is 11.7 Å². The molecule has 2 saturated heterocycles. The minimum atomic E-state index is -4.52. The number of benzene rings is 2. The highest BCUT2D eigenvalue weighted by Crippen LogP contribution is 2.33. The van der Waals surface area contributed by atoms with Crippen molar-refractivity contribution in [1.82, 2.24) is 14.7 Å². The number of amides is 1. The SMILES string of the molecule is CSc1cc(C(=O)N2CCN(CCN3C[C@@H](C)O[C@@H](C)C3)C[C@H]2Cc2ccc(Cl)cc2)cc(C(F)(F)F)c1. The number of hydrogen-bond donors (Lipinski definition) is 0. The number of piperazine rings is 1. The molecule has 38 heavy (non-hydrogen) atoms. The number of carbonyl (C=O) groups is 1. The summed E-state index contributed by atoms with van der Waals surface area (Å²) in [7, 11) is 0. The van der Waals surface area contributed by atoms with Crippen LogP contribution < -0.4 is 0 Å². The number of carbonyl (C=O) groups excluding carboxylic acids is 1. The third kappa shape index (κ3) is 7.66. The minimum Gasteiger partial charge on any atom is -0.373 e. The number of halogens is 4. The van der Waals surface area contributed by atoms with Gasteiger partial charge < -0.3 is 9.64 Å². The molecule has 0 radical (unpaired) electrons. The fourth-order valence-corrected chi connectivity index (χ4v) is 5.99. The van der Waals surface area contributed by atoms with Gasteiger partial charge in [0.15, 0.2) is 0 Å². The van der Waals surface area contributed by atoms with Crippen LogP contribution in [0.25, 0.3) is 0 Å². The Bertz CT molecular complexity index is 1090. The molecular formula is C28H35ClF3N3O2S. The molecule has 3 atom stereocenters. The summed E-state index contributed by atoms with van der Waals surface area (Å²) in [6.45, 7) is 9.51. The first-order valence-electron chi connectivity index (χ1n) is 12.9. The lowest BCUT2D eigenvalue weighted by atomic mass is 10.00. The Kier molecular flexibility index (Phi) is 9.68. The molecule has 2 heterocycles. The van der Waals surface area contributed by atoms with Gasteiger partial charge in [0.1, 0.15) is 0 Å². The maximum atomic E-state index is 13.7. The second kappa shape index (κ2) is 12.6. The second-order valence-electron chi connectivity index (χ2n) is 10.2. The van der Waals surface area contributed by atoms with Crippen molar-refractivity contribution in [1.29, 1.82) is 0 Å². The molecule has 0 aromatic heterocycles. The maximum absolute atomic E-state index is 13.7. The Morgan fingerprint density at radius 2 is 1.66 bits per heavy atom. The number of thioether (sulfide) groups is 1. The van der Waals surface area contributed by atoms with Crippen molar-refractivity contribution in [3.63, 3.8) is 0 Å². The molecule has 10 heteroatoms. The van der Waals surface area contributed by atoms with Gasteiger partial charge in [0.2, 0.25) is 0 Å². The molecule has 4 rings (SSSR count). The molecule has 208 valence electrons. The van der Waals surface area contributed by atoms with Gasteiger partial charge in [-0.3, -0.25) is 14.6 Å². The lowest BCUT2D eigenvalue weighted by Crippen LogP contribution is -2.57. The van der Waals surface area contributed by atoms with Crippen LogP contribution in [-0.4, -0.2) is 90.9 Å². The highest BCUT2D eigenvalue weighted by molar-refractivity contribution is 7.98. The van der Waals surface area contributed by atoms with Crippen LogP contribution in [0.1, 0.15) is 35.3 Å². The van der Waals surface area contributed by atoms with E-state index in [-0.39, 0.29) is 29.7 Å². The van der Waals surface area contributed by atoms with E-state index >= 15 is 0 Å². The van der Waals surface area contributed by atoms with Gasteiger partial charge in [0.05, 0.1) is 17.8 Å². The summed E-state index contributed by atoms with van der Waals surface area (Å²) in [5, 5.41) is 0.634. The smallest absolute Gasteiger partial charge is 0.373 e. The van der Waals surface area contributed by atoms with Crippen LogP contribution in [0.5, 0.6) is 0 Å². The standard InChI is InChI=1S/C28H35ClF3N3O2S/c1-19-16-34(17-20(2)37-19)9-8-33-10-11-35(25(18-33)12-21-4-6-24(29)7-5-21)27(36)22-13-23(28(30,31)32)15-26(14-22)38-3/h4-7,13-15,19-20,25H,8-12,16-18H2,1-3H3/t19-,20+,25-/m1/s1. The van der Waals surface area contributed by atoms with Gasteiger partial charge in [-0.2, -0.15) is 13.2 Å². The van der Waals surface area contributed by atoms with Gasteiger partial charge in [-0.15, -0.1) is 11.8 Å². The van der Waals surface area contributed by atoms with Crippen LogP contribution in [0.3, 0.4) is 0 Å². The van der Waals surface area contributed by atoms with E-state index in [1.54, 1.807) is 17.2 Å². The van der Waals surface area contributed by atoms with Gasteiger partial charge in [0.25, 0.3) is 5.91 Å². The van der Waals surface area contributed by atoms with Crippen molar-refractivity contribution in [3.05, 3.63) is 64.2 Å². The van der Waals surface area contributed by atoms with Crippen LogP contribution in [0.4, 0.5) is 13.2 Å². The zero-order valence-corrected chi connectivity index (χ0v) is 23.6. The Morgan fingerprint density at radius 1 is 1.00 bits per heavy atom. The quantitative estimate of drug-likeness (QED) is 0.408. The fourth-order valence-electron chi connectivity index (χ4n) is 5.38. The summed E-state index contributed by atoms with van der Waals surface area (Å²) in [6.07, 6.45) is -1.81. The molecule has 2 aromatic rings. The molecule has 0 unspecified atom stereocenters. The predicted molar refractivity (Wildman–Crippen MR) is 146 cm³/mol. The highest BCUT2D eigenvalue weighted by Gasteiger charge is 2.35. The topological polar surface area (TPSA) is 36.0 Å². The van der Waals surface area contributed by atoms with Gasteiger partial charge >= 0.3 is 6.18 Å². The van der Waals surface area contributed by atoms with Crippen LogP contribution in [0, 0.1) is 0 Å². The maximum Gasteiger partial charge on any atom is 0.416 e. The molecule has 0 bridgehead atoms. The number of morpholine rings is 1.